The molecule has 0 aliphatic carbocycles. The molecule has 0 N–H and O–H groups in total. The zero-order chi connectivity index (χ0) is 23.9. The van der Waals surface area contributed by atoms with Crippen molar-refractivity contribution in [2.75, 3.05) is 26.2 Å². The Morgan fingerprint density at radius 1 is 0.771 bits per heavy atom. The third-order valence-corrected chi connectivity index (χ3v) is 7.43. The average Bonchev–Trinajstić information content (AvgIpc) is 2.90. The summed E-state index contributed by atoms with van der Waals surface area (Å²) in [6.07, 6.45) is 5.46. The molecule has 1 atom stereocenters. The summed E-state index contributed by atoms with van der Waals surface area (Å²) >= 11 is 0. The SMILES string of the molecule is O=C(C1CCCN(Cc2cccc(Oc3ccccc3)c2)C1)N1CCC(Cc2ccccc2)CC1. The molecule has 0 aromatic heterocycles. The van der Waals surface area contributed by atoms with E-state index in [1.54, 1.807) is 0 Å². The minimum atomic E-state index is 0.123. The molecule has 5 rings (SSSR count). The van der Waals surface area contributed by atoms with Crippen molar-refractivity contribution in [2.24, 2.45) is 11.8 Å². The molecular weight excluding hydrogens is 432 g/mol. The lowest BCUT2D eigenvalue weighted by Gasteiger charge is -2.38. The molecule has 3 aromatic rings. The number of carbonyl (C=O) groups is 1. The van der Waals surface area contributed by atoms with Crippen LogP contribution in [0.4, 0.5) is 0 Å². The lowest BCUT2D eigenvalue weighted by atomic mass is 9.89. The highest BCUT2D eigenvalue weighted by atomic mass is 16.5. The number of rotatable bonds is 7. The quantitative estimate of drug-likeness (QED) is 0.416. The number of carbonyl (C=O) groups excluding carboxylic acids is 1. The van der Waals surface area contributed by atoms with E-state index in [0.29, 0.717) is 11.8 Å². The van der Waals surface area contributed by atoms with Crippen LogP contribution in [0.2, 0.25) is 0 Å². The molecule has 2 aliphatic heterocycles. The molecule has 2 heterocycles. The third-order valence-electron chi connectivity index (χ3n) is 7.43. The van der Waals surface area contributed by atoms with Crippen LogP contribution < -0.4 is 4.74 Å². The minimum absolute atomic E-state index is 0.123. The van der Waals surface area contributed by atoms with Gasteiger partial charge in [-0.2, -0.15) is 0 Å². The molecule has 0 radical (unpaired) electrons. The predicted molar refractivity (Wildman–Crippen MR) is 140 cm³/mol. The fourth-order valence-corrected chi connectivity index (χ4v) is 5.55. The molecule has 2 saturated heterocycles. The molecule has 0 bridgehead atoms. The highest BCUT2D eigenvalue weighted by Gasteiger charge is 2.31. The molecule has 35 heavy (non-hydrogen) atoms. The van der Waals surface area contributed by atoms with E-state index in [2.05, 4.69) is 58.3 Å². The summed E-state index contributed by atoms with van der Waals surface area (Å²) in [4.78, 5) is 17.9. The number of likely N-dealkylation sites (tertiary alicyclic amines) is 2. The molecular formula is C31H36N2O2. The summed E-state index contributed by atoms with van der Waals surface area (Å²) in [5, 5.41) is 0. The van der Waals surface area contributed by atoms with Crippen molar-refractivity contribution in [1.82, 2.24) is 9.80 Å². The van der Waals surface area contributed by atoms with Gasteiger partial charge in [0.2, 0.25) is 5.91 Å². The monoisotopic (exact) mass is 468 g/mol. The largest absolute Gasteiger partial charge is 0.457 e. The minimum Gasteiger partial charge on any atom is -0.457 e. The molecule has 2 fully saturated rings. The van der Waals surface area contributed by atoms with Crippen LogP contribution in [0.25, 0.3) is 0 Å². The topological polar surface area (TPSA) is 32.8 Å². The summed E-state index contributed by atoms with van der Waals surface area (Å²) in [6, 6.07) is 29.0. The standard InChI is InChI=1S/C31H36N2O2/c34-31(33-19-16-26(17-20-33)21-25-9-3-1-4-10-25)28-12-8-18-32(24-28)23-27-11-7-15-30(22-27)35-29-13-5-2-6-14-29/h1-7,9-11,13-15,22,26,28H,8,12,16-21,23-24H2. The summed E-state index contributed by atoms with van der Waals surface area (Å²) in [6.45, 7) is 4.57. The first-order valence-electron chi connectivity index (χ1n) is 13.1. The Morgan fingerprint density at radius 2 is 1.46 bits per heavy atom. The van der Waals surface area contributed by atoms with Crippen LogP contribution in [0.15, 0.2) is 84.9 Å². The number of hydrogen-bond donors (Lipinski definition) is 0. The highest BCUT2D eigenvalue weighted by molar-refractivity contribution is 5.79. The van der Waals surface area contributed by atoms with Gasteiger partial charge in [0, 0.05) is 26.2 Å². The first kappa shape index (κ1) is 23.6. The Kier molecular flexibility index (Phi) is 7.79. The Hall–Kier alpha value is -3.11. The van der Waals surface area contributed by atoms with Crippen molar-refractivity contribution in [2.45, 2.75) is 38.6 Å². The van der Waals surface area contributed by atoms with Crippen molar-refractivity contribution < 1.29 is 9.53 Å². The van der Waals surface area contributed by atoms with E-state index in [9.17, 15) is 4.79 Å². The lowest BCUT2D eigenvalue weighted by molar-refractivity contribution is -0.138. The van der Waals surface area contributed by atoms with Crippen molar-refractivity contribution in [1.29, 1.82) is 0 Å². The van der Waals surface area contributed by atoms with Crippen LogP contribution in [0, 0.1) is 11.8 Å². The van der Waals surface area contributed by atoms with E-state index < -0.39 is 0 Å². The Bertz CT molecular complexity index is 1080. The van der Waals surface area contributed by atoms with Crippen LogP contribution in [0.3, 0.4) is 0 Å². The Labute approximate surface area is 209 Å². The average molecular weight is 469 g/mol. The zero-order valence-electron chi connectivity index (χ0n) is 20.5. The van der Waals surface area contributed by atoms with E-state index in [1.165, 1.54) is 11.1 Å². The van der Waals surface area contributed by atoms with Gasteiger partial charge in [-0.05, 0) is 80.0 Å². The smallest absolute Gasteiger partial charge is 0.226 e. The van der Waals surface area contributed by atoms with Crippen LogP contribution in [-0.4, -0.2) is 41.9 Å². The van der Waals surface area contributed by atoms with Crippen molar-refractivity contribution in [3.8, 4) is 11.5 Å². The van der Waals surface area contributed by atoms with Gasteiger partial charge < -0.3 is 9.64 Å². The second kappa shape index (κ2) is 11.5. The fourth-order valence-electron chi connectivity index (χ4n) is 5.55. The molecule has 4 nitrogen and oxygen atoms in total. The van der Waals surface area contributed by atoms with Crippen molar-refractivity contribution in [3.63, 3.8) is 0 Å². The van der Waals surface area contributed by atoms with E-state index in [1.807, 2.05) is 36.4 Å². The maximum absolute atomic E-state index is 13.4. The van der Waals surface area contributed by atoms with Crippen molar-refractivity contribution >= 4 is 5.91 Å². The third kappa shape index (κ3) is 6.52. The van der Waals surface area contributed by atoms with Gasteiger partial charge in [0.05, 0.1) is 5.92 Å². The van der Waals surface area contributed by atoms with Gasteiger partial charge in [-0.1, -0.05) is 60.7 Å². The Morgan fingerprint density at radius 3 is 2.23 bits per heavy atom. The summed E-state index contributed by atoms with van der Waals surface area (Å²) < 4.78 is 6.01. The van der Waals surface area contributed by atoms with Gasteiger partial charge >= 0.3 is 0 Å². The number of amides is 1. The first-order valence-corrected chi connectivity index (χ1v) is 13.1. The Balaban J connectivity index is 1.12. The van der Waals surface area contributed by atoms with Crippen molar-refractivity contribution in [3.05, 3.63) is 96.1 Å². The molecule has 4 heteroatoms. The van der Waals surface area contributed by atoms with E-state index in [-0.39, 0.29) is 5.92 Å². The number of benzene rings is 3. The normalized spacial score (nSPS) is 19.4. The van der Waals surface area contributed by atoms with Gasteiger partial charge in [-0.15, -0.1) is 0 Å². The van der Waals surface area contributed by atoms with Crippen LogP contribution in [-0.2, 0) is 17.8 Å². The molecule has 182 valence electrons. The molecule has 1 amide bonds. The number of para-hydroxylation sites is 1. The highest BCUT2D eigenvalue weighted by Crippen LogP contribution is 2.27. The molecule has 0 spiro atoms. The maximum Gasteiger partial charge on any atom is 0.226 e. The summed E-state index contributed by atoms with van der Waals surface area (Å²) in [7, 11) is 0. The molecule has 2 aliphatic rings. The van der Waals surface area contributed by atoms with Crippen LogP contribution in [0.1, 0.15) is 36.8 Å². The van der Waals surface area contributed by atoms with Gasteiger partial charge in [-0.3, -0.25) is 9.69 Å². The number of piperidine rings is 2. The second-order valence-corrected chi connectivity index (χ2v) is 10.1. The van der Waals surface area contributed by atoms with E-state index >= 15 is 0 Å². The second-order valence-electron chi connectivity index (χ2n) is 10.1. The first-order chi connectivity index (χ1) is 17.2. The summed E-state index contributed by atoms with van der Waals surface area (Å²) in [5.74, 6) is 2.89. The molecule has 1 unspecified atom stereocenters. The zero-order valence-corrected chi connectivity index (χ0v) is 20.5. The molecule has 3 aromatic carbocycles. The number of ether oxygens (including phenoxy) is 1. The summed E-state index contributed by atoms with van der Waals surface area (Å²) in [5.41, 5.74) is 2.65. The number of hydrogen-bond acceptors (Lipinski definition) is 3. The van der Waals surface area contributed by atoms with Gasteiger partial charge in [-0.25, -0.2) is 0 Å². The van der Waals surface area contributed by atoms with E-state index in [0.717, 1.165) is 76.3 Å². The molecule has 0 saturated carbocycles. The predicted octanol–water partition coefficient (Wildman–Crippen LogP) is 6.17. The number of nitrogens with zero attached hydrogens (tertiary/aromatic N) is 2. The fraction of sp³-hybridized carbons (Fsp3) is 0.387. The van der Waals surface area contributed by atoms with Gasteiger partial charge in [0.15, 0.2) is 0 Å². The van der Waals surface area contributed by atoms with E-state index in [4.69, 9.17) is 4.74 Å². The van der Waals surface area contributed by atoms with Crippen LogP contribution >= 0.6 is 0 Å². The van der Waals surface area contributed by atoms with Gasteiger partial charge in [0.25, 0.3) is 0 Å². The lowest BCUT2D eigenvalue weighted by Crippen LogP contribution is -2.47. The maximum atomic E-state index is 13.4. The van der Waals surface area contributed by atoms with Crippen LogP contribution in [0.5, 0.6) is 11.5 Å². The van der Waals surface area contributed by atoms with Gasteiger partial charge in [0.1, 0.15) is 11.5 Å².